The smallest absolute Gasteiger partial charge is 0.227 e. The van der Waals surface area contributed by atoms with Crippen LogP contribution in [0.25, 0.3) is 0 Å². The van der Waals surface area contributed by atoms with Crippen LogP contribution in [0.2, 0.25) is 0 Å². The van der Waals surface area contributed by atoms with Crippen LogP contribution in [-0.4, -0.2) is 72.5 Å². The highest BCUT2D eigenvalue weighted by atomic mass is 16.5. The molecule has 4 rings (SSSR count). The van der Waals surface area contributed by atoms with E-state index in [9.17, 15) is 0 Å². The normalized spacial score (nSPS) is 18.4. The molecule has 0 aromatic carbocycles. The van der Waals surface area contributed by atoms with Crippen molar-refractivity contribution in [1.82, 2.24) is 19.9 Å². The van der Waals surface area contributed by atoms with E-state index in [-0.39, 0.29) is 0 Å². The van der Waals surface area contributed by atoms with Crippen LogP contribution in [0.1, 0.15) is 12.8 Å². The molecule has 0 atom stereocenters. The molecule has 144 valence electrons. The molecule has 1 N–H and O–H groups in total. The summed E-state index contributed by atoms with van der Waals surface area (Å²) in [4.78, 5) is 22.2. The molecule has 9 heteroatoms. The van der Waals surface area contributed by atoms with Gasteiger partial charge in [0.05, 0.1) is 32.7 Å². The van der Waals surface area contributed by atoms with Gasteiger partial charge in [0, 0.05) is 38.4 Å². The van der Waals surface area contributed by atoms with E-state index in [1.165, 1.54) is 0 Å². The van der Waals surface area contributed by atoms with Crippen LogP contribution in [0.15, 0.2) is 24.7 Å². The van der Waals surface area contributed by atoms with E-state index in [4.69, 9.17) is 9.47 Å². The highest BCUT2D eigenvalue weighted by Gasteiger charge is 2.22. The average molecular weight is 371 g/mol. The van der Waals surface area contributed by atoms with Crippen LogP contribution >= 0.6 is 0 Å². The van der Waals surface area contributed by atoms with Crippen molar-refractivity contribution in [2.45, 2.75) is 18.9 Å². The Morgan fingerprint density at radius 1 is 1.00 bits per heavy atom. The van der Waals surface area contributed by atoms with Crippen LogP contribution in [-0.2, 0) is 4.74 Å². The lowest BCUT2D eigenvalue weighted by Gasteiger charge is -2.32. The highest BCUT2D eigenvalue weighted by molar-refractivity contribution is 5.43. The first-order valence-electron chi connectivity index (χ1n) is 9.35. The van der Waals surface area contributed by atoms with Crippen molar-refractivity contribution in [3.8, 4) is 5.75 Å². The third-order valence-electron chi connectivity index (χ3n) is 4.92. The zero-order valence-electron chi connectivity index (χ0n) is 15.5. The molecular weight excluding hydrogens is 346 g/mol. The van der Waals surface area contributed by atoms with Gasteiger partial charge in [0.2, 0.25) is 11.9 Å². The van der Waals surface area contributed by atoms with E-state index in [1.807, 2.05) is 12.3 Å². The summed E-state index contributed by atoms with van der Waals surface area (Å²) in [6.07, 6.45) is 7.25. The summed E-state index contributed by atoms with van der Waals surface area (Å²) in [5.74, 6) is 3.08. The van der Waals surface area contributed by atoms with Crippen molar-refractivity contribution in [2.24, 2.45) is 0 Å². The van der Waals surface area contributed by atoms with Gasteiger partial charge in [-0.05, 0) is 18.9 Å². The van der Waals surface area contributed by atoms with Gasteiger partial charge in [-0.25, -0.2) is 15.0 Å². The number of anilines is 3. The lowest BCUT2D eigenvalue weighted by molar-refractivity contribution is 0.122. The molecule has 0 radical (unpaired) electrons. The maximum Gasteiger partial charge on any atom is 0.227 e. The summed E-state index contributed by atoms with van der Waals surface area (Å²) in [5.41, 5.74) is 0. The number of ether oxygens (including phenoxy) is 2. The van der Waals surface area contributed by atoms with E-state index in [2.05, 4.69) is 35.1 Å². The SMILES string of the molecule is COc1cnc(N2CCC(Nc3ccnc(N4CCOCC4)n3)CC2)nc1. The van der Waals surface area contributed by atoms with E-state index in [1.54, 1.807) is 19.5 Å². The monoisotopic (exact) mass is 371 g/mol. The van der Waals surface area contributed by atoms with Gasteiger partial charge in [0.25, 0.3) is 0 Å². The van der Waals surface area contributed by atoms with Gasteiger partial charge in [-0.15, -0.1) is 0 Å². The Balaban J connectivity index is 1.32. The maximum absolute atomic E-state index is 5.40. The van der Waals surface area contributed by atoms with Crippen molar-refractivity contribution in [2.75, 3.05) is 61.6 Å². The second kappa shape index (κ2) is 8.34. The predicted octanol–water partition coefficient (Wildman–Crippen LogP) is 1.19. The van der Waals surface area contributed by atoms with Crippen molar-refractivity contribution in [3.05, 3.63) is 24.7 Å². The predicted molar refractivity (Wildman–Crippen MR) is 103 cm³/mol. The molecule has 0 unspecified atom stereocenters. The number of nitrogens with one attached hydrogen (secondary N) is 1. The Morgan fingerprint density at radius 3 is 2.41 bits per heavy atom. The third-order valence-corrected chi connectivity index (χ3v) is 4.92. The molecule has 9 nitrogen and oxygen atoms in total. The van der Waals surface area contributed by atoms with Crippen LogP contribution in [0, 0.1) is 0 Å². The minimum Gasteiger partial charge on any atom is -0.494 e. The summed E-state index contributed by atoms with van der Waals surface area (Å²) in [7, 11) is 1.62. The number of hydrogen-bond acceptors (Lipinski definition) is 9. The first-order chi connectivity index (χ1) is 13.3. The fraction of sp³-hybridized carbons (Fsp3) is 0.556. The van der Waals surface area contributed by atoms with Crippen molar-refractivity contribution >= 4 is 17.7 Å². The number of piperidine rings is 1. The van der Waals surface area contributed by atoms with Crippen molar-refractivity contribution < 1.29 is 9.47 Å². The number of methoxy groups -OCH3 is 1. The summed E-state index contributed by atoms with van der Waals surface area (Å²) in [5, 5.41) is 3.55. The van der Waals surface area contributed by atoms with Crippen LogP contribution < -0.4 is 19.9 Å². The molecule has 0 amide bonds. The van der Waals surface area contributed by atoms with Gasteiger partial charge < -0.3 is 24.6 Å². The molecule has 0 saturated carbocycles. The topological polar surface area (TPSA) is 88.5 Å². The summed E-state index contributed by atoms with van der Waals surface area (Å²) >= 11 is 0. The first-order valence-corrected chi connectivity index (χ1v) is 9.35. The van der Waals surface area contributed by atoms with Gasteiger partial charge >= 0.3 is 0 Å². The van der Waals surface area contributed by atoms with Gasteiger partial charge in [0.1, 0.15) is 5.82 Å². The lowest BCUT2D eigenvalue weighted by Crippen LogP contribution is -2.40. The van der Waals surface area contributed by atoms with Gasteiger partial charge in [0.15, 0.2) is 5.75 Å². The standard InChI is InChI=1S/C18H25N7O2/c1-26-15-12-20-17(21-13-15)24-6-3-14(4-7-24)22-16-2-5-19-18(23-16)25-8-10-27-11-9-25/h2,5,12-14H,3-4,6-11H2,1H3,(H,19,22,23). The van der Waals surface area contributed by atoms with Gasteiger partial charge in [-0.1, -0.05) is 0 Å². The molecule has 2 aliphatic heterocycles. The zero-order valence-corrected chi connectivity index (χ0v) is 15.5. The summed E-state index contributed by atoms with van der Waals surface area (Å²) < 4.78 is 10.5. The second-order valence-electron chi connectivity index (χ2n) is 6.67. The van der Waals surface area contributed by atoms with Gasteiger partial charge in [-0.3, -0.25) is 0 Å². The third kappa shape index (κ3) is 4.36. The Labute approximate surface area is 158 Å². The number of morpholine rings is 1. The minimum absolute atomic E-state index is 0.381. The molecular formula is C18H25N7O2. The molecule has 27 heavy (non-hydrogen) atoms. The molecule has 0 spiro atoms. The minimum atomic E-state index is 0.381. The highest BCUT2D eigenvalue weighted by Crippen LogP contribution is 2.20. The molecule has 2 saturated heterocycles. The molecule has 0 aliphatic carbocycles. The Bertz CT molecular complexity index is 729. The number of rotatable bonds is 5. The van der Waals surface area contributed by atoms with E-state index in [0.717, 1.165) is 69.9 Å². The Morgan fingerprint density at radius 2 is 1.70 bits per heavy atom. The van der Waals surface area contributed by atoms with Crippen molar-refractivity contribution in [1.29, 1.82) is 0 Å². The van der Waals surface area contributed by atoms with Crippen LogP contribution in [0.3, 0.4) is 0 Å². The maximum atomic E-state index is 5.40. The summed E-state index contributed by atoms with van der Waals surface area (Å²) in [6.45, 7) is 4.95. The lowest BCUT2D eigenvalue weighted by atomic mass is 10.1. The van der Waals surface area contributed by atoms with Crippen LogP contribution in [0.5, 0.6) is 5.75 Å². The Hall–Kier alpha value is -2.68. The quantitative estimate of drug-likeness (QED) is 0.832. The fourth-order valence-electron chi connectivity index (χ4n) is 3.36. The largest absolute Gasteiger partial charge is 0.494 e. The summed E-state index contributed by atoms with van der Waals surface area (Å²) in [6, 6.07) is 2.31. The molecule has 2 aliphatic rings. The van der Waals surface area contributed by atoms with E-state index >= 15 is 0 Å². The van der Waals surface area contributed by atoms with E-state index < -0.39 is 0 Å². The van der Waals surface area contributed by atoms with E-state index in [0.29, 0.717) is 11.8 Å². The number of aromatic nitrogens is 4. The van der Waals surface area contributed by atoms with Gasteiger partial charge in [-0.2, -0.15) is 4.98 Å². The first kappa shape index (κ1) is 17.7. The average Bonchev–Trinajstić information content (AvgIpc) is 2.75. The zero-order chi connectivity index (χ0) is 18.5. The number of hydrogen-bond donors (Lipinski definition) is 1. The molecule has 4 heterocycles. The molecule has 2 fully saturated rings. The second-order valence-corrected chi connectivity index (χ2v) is 6.67. The number of nitrogens with zero attached hydrogens (tertiary/aromatic N) is 6. The van der Waals surface area contributed by atoms with Crippen molar-refractivity contribution in [3.63, 3.8) is 0 Å². The van der Waals surface area contributed by atoms with Crippen LogP contribution in [0.4, 0.5) is 17.7 Å². The molecule has 2 aromatic rings. The molecule has 2 aromatic heterocycles. The molecule has 0 bridgehead atoms. The Kier molecular flexibility index (Phi) is 5.47. The fourth-order valence-corrected chi connectivity index (χ4v) is 3.36.